The molecule has 2 aliphatic carbocycles. The van der Waals surface area contributed by atoms with Gasteiger partial charge in [-0.25, -0.2) is 4.39 Å². The summed E-state index contributed by atoms with van der Waals surface area (Å²) in [5, 5.41) is 0. The molecular formula is C31H33BrFNO4. The van der Waals surface area contributed by atoms with Crippen molar-refractivity contribution in [1.29, 1.82) is 0 Å². The molecule has 0 N–H and O–H groups in total. The van der Waals surface area contributed by atoms with Crippen molar-refractivity contribution < 1.29 is 23.5 Å². The normalized spacial score (nSPS) is 18.1. The van der Waals surface area contributed by atoms with Crippen LogP contribution in [0.15, 0.2) is 63.4 Å². The van der Waals surface area contributed by atoms with E-state index >= 15 is 0 Å². The summed E-state index contributed by atoms with van der Waals surface area (Å²) in [7, 11) is 0. The lowest BCUT2D eigenvalue weighted by atomic mass is 9.71. The number of hydrogen-bond acceptors (Lipinski definition) is 5. The van der Waals surface area contributed by atoms with Crippen LogP contribution in [-0.4, -0.2) is 29.6 Å². The van der Waals surface area contributed by atoms with Gasteiger partial charge in [-0.3, -0.25) is 9.59 Å². The number of halogens is 2. The first-order chi connectivity index (χ1) is 18.4. The van der Waals surface area contributed by atoms with Crippen LogP contribution in [0.3, 0.4) is 0 Å². The molecule has 38 heavy (non-hydrogen) atoms. The second-order valence-corrected chi connectivity index (χ2v) is 10.9. The lowest BCUT2D eigenvalue weighted by Gasteiger charge is -2.44. The van der Waals surface area contributed by atoms with Gasteiger partial charge in [0.05, 0.1) is 11.1 Å². The third kappa shape index (κ3) is 5.05. The first-order valence-corrected chi connectivity index (χ1v) is 14.4. The lowest BCUT2D eigenvalue weighted by molar-refractivity contribution is -0.117. The van der Waals surface area contributed by atoms with Crippen LogP contribution in [0.4, 0.5) is 4.39 Å². The number of ether oxygens (including phenoxy) is 2. The Balaban J connectivity index is 1.61. The van der Waals surface area contributed by atoms with Crippen molar-refractivity contribution in [2.24, 2.45) is 0 Å². The fourth-order valence-electron chi connectivity index (χ4n) is 5.98. The van der Waals surface area contributed by atoms with Crippen molar-refractivity contribution in [1.82, 2.24) is 4.90 Å². The lowest BCUT2D eigenvalue weighted by Crippen LogP contribution is -2.39. The van der Waals surface area contributed by atoms with Crippen molar-refractivity contribution in [3.05, 3.63) is 80.4 Å². The highest BCUT2D eigenvalue weighted by Gasteiger charge is 2.43. The zero-order valence-corrected chi connectivity index (χ0v) is 23.5. The number of benzene rings is 2. The predicted molar refractivity (Wildman–Crippen MR) is 148 cm³/mol. The SMILES string of the molecule is CCCN1C2=C(C(=O)CCC2)C(c2cc(Br)c(OCc3cccc(F)c3)c(OCC)c2)C2=C1CCCC2=O. The van der Waals surface area contributed by atoms with Crippen molar-refractivity contribution in [3.8, 4) is 11.5 Å². The average molecular weight is 583 g/mol. The van der Waals surface area contributed by atoms with Gasteiger partial charge in [0.2, 0.25) is 0 Å². The van der Waals surface area contributed by atoms with E-state index in [1.807, 2.05) is 19.1 Å². The molecule has 0 atom stereocenters. The van der Waals surface area contributed by atoms with Crippen molar-refractivity contribution in [2.45, 2.75) is 71.3 Å². The van der Waals surface area contributed by atoms with E-state index in [1.165, 1.54) is 12.1 Å². The number of Topliss-reactive ketones (excluding diaryl/α,β-unsaturated/α-hetero) is 2. The highest BCUT2D eigenvalue weighted by molar-refractivity contribution is 9.10. The minimum absolute atomic E-state index is 0.128. The molecule has 0 aromatic heterocycles. The molecule has 7 heteroatoms. The molecule has 3 aliphatic rings. The molecule has 0 saturated heterocycles. The van der Waals surface area contributed by atoms with Gasteiger partial charge in [0.25, 0.3) is 0 Å². The van der Waals surface area contributed by atoms with Crippen LogP contribution >= 0.6 is 15.9 Å². The smallest absolute Gasteiger partial charge is 0.175 e. The Bertz CT molecular complexity index is 1290. The van der Waals surface area contributed by atoms with Crippen LogP contribution < -0.4 is 9.47 Å². The molecule has 0 unspecified atom stereocenters. The minimum atomic E-state index is -0.415. The Kier molecular flexibility index (Phi) is 8.03. The van der Waals surface area contributed by atoms with E-state index in [4.69, 9.17) is 9.47 Å². The number of carbonyl (C=O) groups is 2. The number of rotatable bonds is 8. The Labute approximate surface area is 231 Å². The monoisotopic (exact) mass is 581 g/mol. The summed E-state index contributed by atoms with van der Waals surface area (Å²) < 4.78 is 26.5. The van der Waals surface area contributed by atoms with Gasteiger partial charge >= 0.3 is 0 Å². The van der Waals surface area contributed by atoms with Crippen LogP contribution in [0.25, 0.3) is 0 Å². The third-order valence-corrected chi connectivity index (χ3v) is 8.06. The van der Waals surface area contributed by atoms with E-state index in [9.17, 15) is 14.0 Å². The van der Waals surface area contributed by atoms with Crippen LogP contribution in [0.1, 0.15) is 75.8 Å². The first-order valence-electron chi connectivity index (χ1n) is 13.6. The summed E-state index contributed by atoms with van der Waals surface area (Å²) >= 11 is 3.67. The van der Waals surface area contributed by atoms with Crippen molar-refractivity contribution in [2.75, 3.05) is 13.2 Å². The number of nitrogens with zero attached hydrogens (tertiary/aromatic N) is 1. The number of hydrogen-bond donors (Lipinski definition) is 0. The molecule has 0 fully saturated rings. The van der Waals surface area contributed by atoms with Crippen molar-refractivity contribution >= 4 is 27.5 Å². The van der Waals surface area contributed by atoms with E-state index < -0.39 is 5.92 Å². The number of ketones is 2. The Morgan fingerprint density at radius 2 is 1.63 bits per heavy atom. The second kappa shape index (κ2) is 11.4. The molecule has 1 aliphatic heterocycles. The summed E-state index contributed by atoms with van der Waals surface area (Å²) in [6, 6.07) is 10.2. The summed E-state index contributed by atoms with van der Waals surface area (Å²) in [5.74, 6) is 0.561. The molecular weight excluding hydrogens is 549 g/mol. The molecule has 0 saturated carbocycles. The fraction of sp³-hybridized carbons (Fsp3) is 0.419. The summed E-state index contributed by atoms with van der Waals surface area (Å²) in [6.07, 6.45) is 5.30. The Morgan fingerprint density at radius 1 is 0.947 bits per heavy atom. The van der Waals surface area contributed by atoms with Gasteiger partial charge in [-0.15, -0.1) is 0 Å². The van der Waals surface area contributed by atoms with Gasteiger partial charge in [0, 0.05) is 47.8 Å². The average Bonchev–Trinajstić information content (AvgIpc) is 2.89. The van der Waals surface area contributed by atoms with Gasteiger partial charge in [-0.1, -0.05) is 19.1 Å². The van der Waals surface area contributed by atoms with Crippen LogP contribution in [-0.2, 0) is 16.2 Å². The number of allylic oxidation sites excluding steroid dienone is 4. The summed E-state index contributed by atoms with van der Waals surface area (Å²) in [5.41, 5.74) is 5.25. The Hall–Kier alpha value is -2.93. The van der Waals surface area contributed by atoms with Crippen molar-refractivity contribution in [3.63, 3.8) is 0 Å². The minimum Gasteiger partial charge on any atom is -0.490 e. The zero-order chi connectivity index (χ0) is 26.8. The molecule has 2 aromatic carbocycles. The van der Waals surface area contributed by atoms with Crippen LogP contribution in [0, 0.1) is 5.82 Å². The first kappa shape index (κ1) is 26.7. The van der Waals surface area contributed by atoms with Crippen LogP contribution in [0.5, 0.6) is 11.5 Å². The summed E-state index contributed by atoms with van der Waals surface area (Å²) in [6.45, 7) is 5.44. The maximum atomic E-state index is 13.7. The molecule has 5 rings (SSSR count). The van der Waals surface area contributed by atoms with E-state index in [0.29, 0.717) is 41.0 Å². The van der Waals surface area contributed by atoms with Gasteiger partial charge < -0.3 is 14.4 Å². The molecule has 0 radical (unpaired) electrons. The van der Waals surface area contributed by atoms with E-state index in [2.05, 4.69) is 27.8 Å². The zero-order valence-electron chi connectivity index (χ0n) is 21.9. The highest BCUT2D eigenvalue weighted by atomic mass is 79.9. The predicted octanol–water partition coefficient (Wildman–Crippen LogP) is 7.39. The summed E-state index contributed by atoms with van der Waals surface area (Å²) in [4.78, 5) is 29.2. The maximum absolute atomic E-state index is 13.7. The molecule has 0 bridgehead atoms. The number of carbonyl (C=O) groups excluding carboxylic acids is 2. The van der Waals surface area contributed by atoms with Gasteiger partial charge in [0.15, 0.2) is 23.1 Å². The molecule has 5 nitrogen and oxygen atoms in total. The Morgan fingerprint density at radius 3 is 2.24 bits per heavy atom. The second-order valence-electron chi connectivity index (χ2n) is 10.0. The topological polar surface area (TPSA) is 55.8 Å². The highest BCUT2D eigenvalue weighted by Crippen LogP contribution is 2.51. The third-order valence-electron chi connectivity index (χ3n) is 7.47. The molecule has 0 amide bonds. The maximum Gasteiger partial charge on any atom is 0.175 e. The molecule has 200 valence electrons. The molecule has 0 spiro atoms. The van der Waals surface area contributed by atoms with Gasteiger partial charge in [-0.05, 0) is 90.4 Å². The van der Waals surface area contributed by atoms with Crippen LogP contribution in [0.2, 0.25) is 0 Å². The quantitative estimate of drug-likeness (QED) is 0.325. The molecule has 2 aromatic rings. The van der Waals surface area contributed by atoms with Gasteiger partial charge in [-0.2, -0.15) is 0 Å². The largest absolute Gasteiger partial charge is 0.490 e. The molecule has 1 heterocycles. The van der Waals surface area contributed by atoms with Gasteiger partial charge in [0.1, 0.15) is 12.4 Å². The fourth-order valence-corrected chi connectivity index (χ4v) is 6.56. The van der Waals surface area contributed by atoms with E-state index in [1.54, 1.807) is 12.1 Å². The standard InChI is InChI=1S/C31H33BrFNO4/c1-3-14-34-23-10-6-12-25(35)29(23)28(30-24(34)11-7-13-26(30)36)20-16-22(32)31(27(17-20)37-4-2)38-18-19-8-5-9-21(33)15-19/h5,8-9,15-17,28H,3-4,6-7,10-14,18H2,1-2H3. The van der Waals surface area contributed by atoms with E-state index in [0.717, 1.165) is 66.8 Å². The van der Waals surface area contributed by atoms with E-state index in [-0.39, 0.29) is 24.0 Å².